The van der Waals surface area contributed by atoms with Gasteiger partial charge in [0.25, 0.3) is 0 Å². The molecule has 2 aliphatic rings. The van der Waals surface area contributed by atoms with Gasteiger partial charge >= 0.3 is 0 Å². The molecule has 0 unspecified atom stereocenters. The third kappa shape index (κ3) is 4.09. The minimum Gasteiger partial charge on any atom is -0.346 e. The summed E-state index contributed by atoms with van der Waals surface area (Å²) in [5.74, 6) is 0.292. The Kier molecular flexibility index (Phi) is 4.94. The van der Waals surface area contributed by atoms with Crippen LogP contribution in [0.3, 0.4) is 0 Å². The van der Waals surface area contributed by atoms with Crippen LogP contribution < -0.4 is 0 Å². The van der Waals surface area contributed by atoms with E-state index in [9.17, 15) is 4.79 Å². The second-order valence-electron chi connectivity index (χ2n) is 4.28. The Morgan fingerprint density at radius 1 is 0.929 bits per heavy atom. The van der Waals surface area contributed by atoms with Gasteiger partial charge < -0.3 is 9.80 Å². The topological polar surface area (TPSA) is 23.6 Å². The molecule has 82 valence electrons. The monoisotopic (exact) mass is 198 g/mol. The molecule has 2 fully saturated rings. The first kappa shape index (κ1) is 11.5. The maximum Gasteiger partial charge on any atom is 0.222 e. The van der Waals surface area contributed by atoms with Gasteiger partial charge in [0.15, 0.2) is 0 Å². The summed E-state index contributed by atoms with van der Waals surface area (Å²) in [6, 6.07) is 0. The highest BCUT2D eigenvalue weighted by molar-refractivity contribution is 5.77. The van der Waals surface area contributed by atoms with E-state index in [4.69, 9.17) is 0 Å². The van der Waals surface area contributed by atoms with Crippen LogP contribution >= 0.6 is 0 Å². The summed E-state index contributed by atoms with van der Waals surface area (Å²) < 4.78 is 0. The van der Waals surface area contributed by atoms with E-state index in [0.29, 0.717) is 5.91 Å². The van der Waals surface area contributed by atoms with Crippen LogP contribution in [0.1, 0.15) is 32.1 Å². The summed E-state index contributed by atoms with van der Waals surface area (Å²) in [6.45, 7) is 3.60. The number of amides is 1. The van der Waals surface area contributed by atoms with Gasteiger partial charge in [0.1, 0.15) is 0 Å². The Labute approximate surface area is 87.1 Å². The first-order valence-corrected chi connectivity index (χ1v) is 5.62. The maximum absolute atomic E-state index is 10.5. The Morgan fingerprint density at radius 3 is 1.79 bits per heavy atom. The largest absolute Gasteiger partial charge is 0.346 e. The van der Waals surface area contributed by atoms with E-state index < -0.39 is 0 Å². The van der Waals surface area contributed by atoms with Crippen LogP contribution in [0.25, 0.3) is 0 Å². The fraction of sp³-hybridized carbons (Fsp3) is 0.909. The van der Waals surface area contributed by atoms with E-state index in [-0.39, 0.29) is 0 Å². The number of likely N-dealkylation sites (tertiary alicyclic amines) is 2. The van der Waals surface area contributed by atoms with Gasteiger partial charge in [0.05, 0.1) is 0 Å². The van der Waals surface area contributed by atoms with E-state index in [1.54, 1.807) is 4.90 Å². The van der Waals surface area contributed by atoms with Crippen LogP contribution in [0.2, 0.25) is 0 Å². The molecule has 0 atom stereocenters. The summed E-state index contributed by atoms with van der Waals surface area (Å²) in [5, 5.41) is 0. The standard InChI is InChI=1S/C6H13N.C5H9NO/c1-7-5-3-2-4-6-7;1-6-4-2-3-5(6)7/h2-6H2,1H3;2-4H2,1H3. The first-order valence-electron chi connectivity index (χ1n) is 5.62. The molecule has 3 heteroatoms. The van der Waals surface area contributed by atoms with Crippen LogP contribution in [0.5, 0.6) is 0 Å². The van der Waals surface area contributed by atoms with E-state index in [1.165, 1.54) is 32.4 Å². The third-order valence-corrected chi connectivity index (χ3v) is 2.89. The number of piperidine rings is 1. The zero-order valence-corrected chi connectivity index (χ0v) is 9.46. The van der Waals surface area contributed by atoms with Crippen molar-refractivity contribution in [3.8, 4) is 0 Å². The smallest absolute Gasteiger partial charge is 0.222 e. The number of hydrogen-bond donors (Lipinski definition) is 0. The minimum absolute atomic E-state index is 0.292. The van der Waals surface area contributed by atoms with Gasteiger partial charge in [-0.25, -0.2) is 0 Å². The molecular weight excluding hydrogens is 176 g/mol. The lowest BCUT2D eigenvalue weighted by Gasteiger charge is -2.20. The van der Waals surface area contributed by atoms with Crippen molar-refractivity contribution in [1.82, 2.24) is 9.80 Å². The molecule has 0 aromatic carbocycles. The quantitative estimate of drug-likeness (QED) is 0.586. The summed E-state index contributed by atoms with van der Waals surface area (Å²) in [4.78, 5) is 14.7. The summed E-state index contributed by atoms with van der Waals surface area (Å²) in [7, 11) is 4.04. The molecule has 1 amide bonds. The molecule has 2 heterocycles. The number of carbonyl (C=O) groups excluding carboxylic acids is 1. The SMILES string of the molecule is CN1CCCC1=O.CN1CCCCC1. The van der Waals surface area contributed by atoms with Crippen molar-refractivity contribution < 1.29 is 4.79 Å². The summed E-state index contributed by atoms with van der Waals surface area (Å²) >= 11 is 0. The van der Waals surface area contributed by atoms with Crippen molar-refractivity contribution in [2.45, 2.75) is 32.1 Å². The average Bonchev–Trinajstić information content (AvgIpc) is 2.53. The molecule has 2 saturated heterocycles. The molecule has 2 rings (SSSR count). The highest BCUT2D eigenvalue weighted by atomic mass is 16.2. The van der Waals surface area contributed by atoms with Gasteiger partial charge in [0, 0.05) is 20.0 Å². The van der Waals surface area contributed by atoms with Crippen molar-refractivity contribution >= 4 is 5.91 Å². The van der Waals surface area contributed by atoms with Crippen molar-refractivity contribution in [3.63, 3.8) is 0 Å². The molecule has 0 aromatic rings. The van der Waals surface area contributed by atoms with E-state index in [1.807, 2.05) is 7.05 Å². The number of nitrogens with zero attached hydrogens (tertiary/aromatic N) is 2. The predicted molar refractivity (Wildman–Crippen MR) is 58.2 cm³/mol. The van der Waals surface area contributed by atoms with Crippen LogP contribution in [0, 0.1) is 0 Å². The first-order chi connectivity index (χ1) is 6.70. The fourth-order valence-electron chi connectivity index (χ4n) is 1.84. The van der Waals surface area contributed by atoms with Crippen molar-refractivity contribution in [2.75, 3.05) is 33.7 Å². The van der Waals surface area contributed by atoms with Crippen LogP contribution in [0.4, 0.5) is 0 Å². The van der Waals surface area contributed by atoms with Gasteiger partial charge in [-0.3, -0.25) is 4.79 Å². The van der Waals surface area contributed by atoms with Crippen LogP contribution in [-0.4, -0.2) is 49.4 Å². The van der Waals surface area contributed by atoms with Gasteiger partial charge in [-0.2, -0.15) is 0 Å². The Hall–Kier alpha value is -0.570. The molecule has 0 N–H and O–H groups in total. The highest BCUT2D eigenvalue weighted by Gasteiger charge is 2.14. The van der Waals surface area contributed by atoms with Crippen LogP contribution in [-0.2, 0) is 4.79 Å². The number of carbonyl (C=O) groups is 1. The molecule has 0 aliphatic carbocycles. The maximum atomic E-state index is 10.5. The molecule has 2 aliphatic heterocycles. The molecule has 0 radical (unpaired) electrons. The van der Waals surface area contributed by atoms with Crippen LogP contribution in [0.15, 0.2) is 0 Å². The third-order valence-electron chi connectivity index (χ3n) is 2.89. The molecule has 0 saturated carbocycles. The van der Waals surface area contributed by atoms with Gasteiger partial charge in [0.2, 0.25) is 5.91 Å². The minimum atomic E-state index is 0.292. The molecule has 0 spiro atoms. The number of rotatable bonds is 0. The fourth-order valence-corrected chi connectivity index (χ4v) is 1.84. The lowest BCUT2D eigenvalue weighted by molar-refractivity contribution is -0.126. The van der Waals surface area contributed by atoms with E-state index in [2.05, 4.69) is 11.9 Å². The second kappa shape index (κ2) is 6.02. The normalized spacial score (nSPS) is 23.3. The van der Waals surface area contributed by atoms with Gasteiger partial charge in [-0.05, 0) is 39.4 Å². The van der Waals surface area contributed by atoms with Crippen molar-refractivity contribution in [2.24, 2.45) is 0 Å². The number of hydrogen-bond acceptors (Lipinski definition) is 2. The van der Waals surface area contributed by atoms with E-state index >= 15 is 0 Å². The Balaban J connectivity index is 0.000000140. The highest BCUT2D eigenvalue weighted by Crippen LogP contribution is 2.05. The second-order valence-corrected chi connectivity index (χ2v) is 4.28. The molecular formula is C11H22N2O. The van der Waals surface area contributed by atoms with Gasteiger partial charge in [-0.1, -0.05) is 6.42 Å². The molecule has 0 aromatic heterocycles. The Morgan fingerprint density at radius 2 is 1.57 bits per heavy atom. The van der Waals surface area contributed by atoms with Crippen molar-refractivity contribution in [1.29, 1.82) is 0 Å². The zero-order valence-electron chi connectivity index (χ0n) is 9.46. The van der Waals surface area contributed by atoms with Gasteiger partial charge in [-0.15, -0.1) is 0 Å². The summed E-state index contributed by atoms with van der Waals surface area (Å²) in [5.41, 5.74) is 0. The Bertz CT molecular complexity index is 176. The molecule has 14 heavy (non-hydrogen) atoms. The lowest BCUT2D eigenvalue weighted by Crippen LogP contribution is -2.24. The van der Waals surface area contributed by atoms with Crippen molar-refractivity contribution in [3.05, 3.63) is 0 Å². The summed E-state index contributed by atoms with van der Waals surface area (Å²) in [6.07, 6.45) is 6.09. The molecule has 3 nitrogen and oxygen atoms in total. The predicted octanol–water partition coefficient (Wildman–Crippen LogP) is 1.34. The average molecular weight is 198 g/mol. The lowest BCUT2D eigenvalue weighted by atomic mass is 10.1. The molecule has 0 bridgehead atoms. The zero-order chi connectivity index (χ0) is 10.4. The van der Waals surface area contributed by atoms with E-state index in [0.717, 1.165) is 19.4 Å².